The molecule has 2 aromatic heterocycles. The molecule has 1 saturated heterocycles. The monoisotopic (exact) mass is 379 g/mol. The van der Waals surface area contributed by atoms with Crippen molar-refractivity contribution in [1.82, 2.24) is 20.3 Å². The van der Waals surface area contributed by atoms with E-state index >= 15 is 0 Å². The summed E-state index contributed by atoms with van der Waals surface area (Å²) in [6.07, 6.45) is 7.15. The Bertz CT molecular complexity index is 916. The first-order valence-corrected chi connectivity index (χ1v) is 9.63. The van der Waals surface area contributed by atoms with Crippen LogP contribution in [0.25, 0.3) is 0 Å². The average molecular weight is 379 g/mol. The second-order valence-electron chi connectivity index (χ2n) is 7.41. The van der Waals surface area contributed by atoms with Crippen LogP contribution in [0, 0.1) is 0 Å². The summed E-state index contributed by atoms with van der Waals surface area (Å²) >= 11 is 0. The van der Waals surface area contributed by atoms with Crippen molar-refractivity contribution in [2.45, 2.75) is 37.8 Å². The van der Waals surface area contributed by atoms with Crippen LogP contribution in [-0.2, 0) is 0 Å². The van der Waals surface area contributed by atoms with Gasteiger partial charge in [0.25, 0.3) is 5.91 Å². The maximum absolute atomic E-state index is 13.1. The molecule has 3 aliphatic rings. The van der Waals surface area contributed by atoms with E-state index in [1.807, 2.05) is 6.07 Å². The first kappa shape index (κ1) is 16.9. The van der Waals surface area contributed by atoms with Crippen molar-refractivity contribution >= 4 is 29.3 Å². The van der Waals surface area contributed by atoms with Gasteiger partial charge in [-0.1, -0.05) is 6.07 Å². The Hall–Kier alpha value is -3.23. The number of amides is 3. The topological polar surface area (TPSA) is 103 Å². The molecule has 9 heteroatoms. The van der Waals surface area contributed by atoms with Crippen LogP contribution in [0.1, 0.15) is 36.3 Å². The standard InChI is InChI=1S/C19H21N7O2/c27-18(22-12-6-7-12)16-21-10-14-17(24-16)26(13-4-3-9-25(14)11-13)19(28)23-15-5-1-2-8-20-15/h1-2,5,8,10,12-13H,3-4,6-7,9,11H2,(H,22,27)(H,20,23,28)/t13-/m0/s1. The average Bonchev–Trinajstić information content (AvgIpc) is 3.52. The van der Waals surface area contributed by atoms with Gasteiger partial charge < -0.3 is 10.2 Å². The van der Waals surface area contributed by atoms with E-state index in [-0.39, 0.29) is 29.8 Å². The van der Waals surface area contributed by atoms with Crippen LogP contribution in [-0.4, -0.2) is 52.1 Å². The van der Waals surface area contributed by atoms with Crippen molar-refractivity contribution in [3.05, 3.63) is 36.4 Å². The summed E-state index contributed by atoms with van der Waals surface area (Å²) in [7, 11) is 0. The predicted octanol–water partition coefficient (Wildman–Crippen LogP) is 1.78. The summed E-state index contributed by atoms with van der Waals surface area (Å²) in [5.41, 5.74) is 0.787. The number of hydrogen-bond donors (Lipinski definition) is 2. The van der Waals surface area contributed by atoms with Gasteiger partial charge in [-0.15, -0.1) is 0 Å². The highest BCUT2D eigenvalue weighted by Gasteiger charge is 2.39. The highest BCUT2D eigenvalue weighted by Crippen LogP contribution is 2.37. The molecule has 0 radical (unpaired) electrons. The van der Waals surface area contributed by atoms with Crippen molar-refractivity contribution in [3.8, 4) is 0 Å². The third kappa shape index (κ3) is 3.12. The zero-order chi connectivity index (χ0) is 19.1. The Morgan fingerprint density at radius 2 is 2.04 bits per heavy atom. The van der Waals surface area contributed by atoms with Crippen LogP contribution < -0.4 is 20.4 Å². The quantitative estimate of drug-likeness (QED) is 0.843. The number of anilines is 3. The van der Waals surface area contributed by atoms with Gasteiger partial charge in [-0.2, -0.15) is 0 Å². The molecule has 5 rings (SSSR count). The van der Waals surface area contributed by atoms with Crippen LogP contribution >= 0.6 is 0 Å². The van der Waals surface area contributed by atoms with Gasteiger partial charge in [0.2, 0.25) is 5.82 Å². The summed E-state index contributed by atoms with van der Waals surface area (Å²) < 4.78 is 0. The lowest BCUT2D eigenvalue weighted by molar-refractivity contribution is 0.0940. The number of urea groups is 1. The summed E-state index contributed by atoms with van der Waals surface area (Å²) in [6, 6.07) is 5.28. The van der Waals surface area contributed by atoms with Gasteiger partial charge in [-0.25, -0.2) is 19.7 Å². The fourth-order valence-electron chi connectivity index (χ4n) is 3.78. The minimum absolute atomic E-state index is 0.000736. The molecule has 0 spiro atoms. The van der Waals surface area contributed by atoms with Crippen LogP contribution in [0.5, 0.6) is 0 Å². The van der Waals surface area contributed by atoms with Crippen LogP contribution in [0.15, 0.2) is 30.6 Å². The molecule has 28 heavy (non-hydrogen) atoms. The van der Waals surface area contributed by atoms with Crippen molar-refractivity contribution in [2.75, 3.05) is 28.2 Å². The molecule has 3 amide bonds. The number of fused-ring (bicyclic) bond motifs is 4. The molecule has 144 valence electrons. The van der Waals surface area contributed by atoms with E-state index in [9.17, 15) is 9.59 Å². The smallest absolute Gasteiger partial charge is 0.329 e. The van der Waals surface area contributed by atoms with E-state index in [0.717, 1.165) is 44.5 Å². The van der Waals surface area contributed by atoms with Gasteiger partial charge in [0, 0.05) is 25.3 Å². The van der Waals surface area contributed by atoms with Gasteiger partial charge in [-0.3, -0.25) is 15.0 Å². The first-order valence-electron chi connectivity index (χ1n) is 9.63. The number of pyridine rings is 1. The van der Waals surface area contributed by atoms with Crippen LogP contribution in [0.3, 0.4) is 0 Å². The molecule has 2 N–H and O–H groups in total. The van der Waals surface area contributed by atoms with Crippen LogP contribution in [0.4, 0.5) is 22.1 Å². The van der Waals surface area contributed by atoms with E-state index in [1.54, 1.807) is 29.4 Å². The van der Waals surface area contributed by atoms with E-state index < -0.39 is 0 Å². The Morgan fingerprint density at radius 3 is 2.82 bits per heavy atom. The third-order valence-corrected chi connectivity index (χ3v) is 5.31. The number of hydrogen-bond acceptors (Lipinski definition) is 6. The van der Waals surface area contributed by atoms with Gasteiger partial charge in [0.1, 0.15) is 5.82 Å². The van der Waals surface area contributed by atoms with E-state index in [1.165, 1.54) is 0 Å². The van der Waals surface area contributed by atoms with Gasteiger partial charge in [0.05, 0.1) is 17.9 Å². The Kier molecular flexibility index (Phi) is 4.07. The zero-order valence-electron chi connectivity index (χ0n) is 15.3. The van der Waals surface area contributed by atoms with Crippen LogP contribution in [0.2, 0.25) is 0 Å². The van der Waals surface area contributed by atoms with Crippen molar-refractivity contribution in [3.63, 3.8) is 0 Å². The third-order valence-electron chi connectivity index (χ3n) is 5.31. The normalized spacial score (nSPS) is 20.4. The molecule has 1 saturated carbocycles. The fraction of sp³-hybridized carbons (Fsp3) is 0.421. The second-order valence-corrected chi connectivity index (χ2v) is 7.41. The first-order chi connectivity index (χ1) is 13.7. The number of nitrogens with zero attached hydrogens (tertiary/aromatic N) is 5. The molecule has 2 aromatic rings. The molecule has 4 heterocycles. The highest BCUT2D eigenvalue weighted by molar-refractivity contribution is 6.04. The lowest BCUT2D eigenvalue weighted by atomic mass is 10.0. The largest absolute Gasteiger partial charge is 0.365 e. The molecule has 1 aliphatic carbocycles. The molecule has 2 aliphatic heterocycles. The number of piperidine rings is 1. The predicted molar refractivity (Wildman–Crippen MR) is 103 cm³/mol. The lowest BCUT2D eigenvalue weighted by Gasteiger charge is -2.45. The number of aromatic nitrogens is 3. The van der Waals surface area contributed by atoms with Crippen molar-refractivity contribution in [1.29, 1.82) is 0 Å². The molecule has 9 nitrogen and oxygen atoms in total. The van der Waals surface area contributed by atoms with E-state index in [4.69, 9.17) is 0 Å². The summed E-state index contributed by atoms with van der Waals surface area (Å²) in [5, 5.41) is 5.75. The lowest BCUT2D eigenvalue weighted by Crippen LogP contribution is -2.56. The molecule has 2 fully saturated rings. The minimum Gasteiger partial charge on any atom is -0.365 e. The number of nitrogens with one attached hydrogen (secondary N) is 2. The van der Waals surface area contributed by atoms with E-state index in [2.05, 4.69) is 30.5 Å². The molecule has 0 unspecified atom stereocenters. The van der Waals surface area contributed by atoms with Crippen molar-refractivity contribution < 1.29 is 9.59 Å². The maximum Gasteiger partial charge on any atom is 0.329 e. The second kappa shape index (κ2) is 6.74. The van der Waals surface area contributed by atoms with E-state index in [0.29, 0.717) is 11.6 Å². The number of rotatable bonds is 3. The summed E-state index contributed by atoms with van der Waals surface area (Å²) in [5.74, 6) is 0.775. The molecular formula is C19H21N7O2. The van der Waals surface area contributed by atoms with Gasteiger partial charge >= 0.3 is 6.03 Å². The minimum atomic E-state index is -0.293. The molecule has 0 aromatic carbocycles. The Morgan fingerprint density at radius 1 is 1.14 bits per heavy atom. The number of carbonyl (C=O) groups is 2. The Balaban J connectivity index is 1.48. The van der Waals surface area contributed by atoms with Crippen molar-refractivity contribution in [2.24, 2.45) is 0 Å². The molecule has 1 atom stereocenters. The Labute approximate surface area is 162 Å². The summed E-state index contributed by atoms with van der Waals surface area (Å²) in [6.45, 7) is 1.63. The zero-order valence-corrected chi connectivity index (χ0v) is 15.3. The highest BCUT2D eigenvalue weighted by atomic mass is 16.2. The molecule has 2 bridgehead atoms. The maximum atomic E-state index is 13.1. The fourth-order valence-corrected chi connectivity index (χ4v) is 3.78. The number of carbonyl (C=O) groups excluding carboxylic acids is 2. The summed E-state index contributed by atoms with van der Waals surface area (Å²) in [4.78, 5) is 42.3. The van der Waals surface area contributed by atoms with Gasteiger partial charge in [0.15, 0.2) is 5.82 Å². The molecular weight excluding hydrogens is 358 g/mol. The van der Waals surface area contributed by atoms with Gasteiger partial charge in [-0.05, 0) is 37.8 Å². The SMILES string of the molecule is O=C(NC1CC1)c1ncc2c(n1)N(C(=O)Nc1ccccn1)[C@H]1CCCN2C1.